The quantitative estimate of drug-likeness (QED) is 0.502. The molecule has 0 saturated carbocycles. The molecule has 6 nitrogen and oxygen atoms in total. The number of nitrogens with zero attached hydrogens (tertiary/aromatic N) is 1. The van der Waals surface area contributed by atoms with Crippen LogP contribution in [-0.2, 0) is 16.0 Å². The summed E-state index contributed by atoms with van der Waals surface area (Å²) in [5.41, 5.74) is 8.67. The number of carbonyl (C=O) groups excluding carboxylic acids is 2. The molecule has 0 radical (unpaired) electrons. The second kappa shape index (κ2) is 11.4. The number of rotatable bonds is 8. The van der Waals surface area contributed by atoms with Gasteiger partial charge in [-0.1, -0.05) is 49.4 Å². The van der Waals surface area contributed by atoms with E-state index in [1.165, 1.54) is 0 Å². The van der Waals surface area contributed by atoms with Gasteiger partial charge in [0.15, 0.2) is 0 Å². The molecule has 3 amide bonds. The van der Waals surface area contributed by atoms with Crippen molar-refractivity contribution in [2.75, 3.05) is 26.0 Å². The summed E-state index contributed by atoms with van der Waals surface area (Å²) >= 11 is 0. The van der Waals surface area contributed by atoms with Crippen LogP contribution in [0.2, 0.25) is 0 Å². The number of nitrogens with two attached hydrogens (primary N) is 1. The second-order valence-electron chi connectivity index (χ2n) is 9.71. The van der Waals surface area contributed by atoms with Crippen LogP contribution in [0.25, 0.3) is 11.1 Å². The molecule has 2 aliphatic rings. The van der Waals surface area contributed by atoms with E-state index in [-0.39, 0.29) is 5.91 Å². The van der Waals surface area contributed by atoms with Crippen molar-refractivity contribution in [3.8, 4) is 11.1 Å². The predicted molar refractivity (Wildman–Crippen MR) is 148 cm³/mol. The van der Waals surface area contributed by atoms with E-state index in [1.54, 1.807) is 0 Å². The maximum absolute atomic E-state index is 13.1. The highest BCUT2D eigenvalue weighted by molar-refractivity contribution is 8.38. The fourth-order valence-electron chi connectivity index (χ4n) is 4.81. The summed E-state index contributed by atoms with van der Waals surface area (Å²) < 4.78 is 5.88. The van der Waals surface area contributed by atoms with Gasteiger partial charge in [-0.2, -0.15) is 10.0 Å². The van der Waals surface area contributed by atoms with Crippen LogP contribution in [0.1, 0.15) is 32.3 Å². The van der Waals surface area contributed by atoms with Crippen molar-refractivity contribution >= 4 is 22.0 Å². The summed E-state index contributed by atoms with van der Waals surface area (Å²) in [7, 11) is -1.49. The fourth-order valence-corrected chi connectivity index (χ4v) is 7.17. The molecule has 0 spiro atoms. The van der Waals surface area contributed by atoms with E-state index in [0.717, 1.165) is 52.5 Å². The minimum absolute atomic E-state index is 0.106. The van der Waals surface area contributed by atoms with Gasteiger partial charge in [0.2, 0.25) is 0 Å². The van der Waals surface area contributed by atoms with Crippen molar-refractivity contribution in [1.82, 2.24) is 10.2 Å². The van der Waals surface area contributed by atoms with Crippen LogP contribution in [0, 0.1) is 5.92 Å². The van der Waals surface area contributed by atoms with Crippen molar-refractivity contribution in [3.63, 3.8) is 0 Å². The summed E-state index contributed by atoms with van der Waals surface area (Å²) in [5, 5.41) is 5.78. The fraction of sp³-hybridized carbons (Fsp3) is 0.379. The van der Waals surface area contributed by atoms with Crippen molar-refractivity contribution < 1.29 is 14.3 Å². The van der Waals surface area contributed by atoms with E-state index in [9.17, 15) is 9.59 Å². The number of ether oxygens (including phenoxy) is 1. The van der Waals surface area contributed by atoms with Crippen molar-refractivity contribution in [3.05, 3.63) is 76.7 Å². The molecule has 0 aliphatic carbocycles. The average molecular weight is 508 g/mol. The Morgan fingerprint density at radius 1 is 1.14 bits per heavy atom. The molecule has 2 atom stereocenters. The van der Waals surface area contributed by atoms with Gasteiger partial charge in [0, 0.05) is 26.1 Å². The molecule has 2 heterocycles. The largest absolute Gasteiger partial charge is 0.368 e. The van der Waals surface area contributed by atoms with E-state index in [4.69, 9.17) is 10.5 Å². The molecule has 4 rings (SSSR count). The van der Waals surface area contributed by atoms with Gasteiger partial charge in [0.1, 0.15) is 6.10 Å². The lowest BCUT2D eigenvalue weighted by Crippen LogP contribution is -2.45. The molecule has 36 heavy (non-hydrogen) atoms. The van der Waals surface area contributed by atoms with Crippen LogP contribution in [0.15, 0.2) is 76.0 Å². The summed E-state index contributed by atoms with van der Waals surface area (Å²) in [4.78, 5) is 27.7. The zero-order valence-electron chi connectivity index (χ0n) is 21.4. The molecular formula is C29H37N3O3S. The van der Waals surface area contributed by atoms with Gasteiger partial charge in [-0.05, 0) is 77.1 Å². The number of hydrogen-bond acceptors (Lipinski definition) is 3. The molecule has 3 N–H and O–H groups in total. The van der Waals surface area contributed by atoms with Gasteiger partial charge < -0.3 is 20.7 Å². The van der Waals surface area contributed by atoms with Crippen LogP contribution < -0.4 is 11.1 Å². The van der Waals surface area contributed by atoms with E-state index in [0.29, 0.717) is 18.9 Å². The van der Waals surface area contributed by atoms with Crippen molar-refractivity contribution in [2.24, 2.45) is 11.7 Å². The number of allylic oxidation sites excluding steroid dienone is 2. The second-order valence-corrected chi connectivity index (χ2v) is 12.9. The van der Waals surface area contributed by atoms with E-state index >= 15 is 0 Å². The van der Waals surface area contributed by atoms with Crippen LogP contribution in [-0.4, -0.2) is 48.9 Å². The number of likely N-dealkylation sites (tertiary alicyclic amines) is 1. The van der Waals surface area contributed by atoms with E-state index in [2.05, 4.69) is 66.4 Å². The SMILES string of the molecule is CCOC(Cc1ccc(-c2cccc(S3(C)C=CC=C3NC(N)=O)c2)cc1)C(=O)N1CCC(C)CC1. The average Bonchev–Trinajstić information content (AvgIpc) is 3.25. The number of amides is 3. The Bertz CT molecular complexity index is 1150. The Labute approximate surface area is 215 Å². The minimum atomic E-state index is -1.49. The maximum atomic E-state index is 13.1. The smallest absolute Gasteiger partial charge is 0.316 e. The van der Waals surface area contributed by atoms with Crippen LogP contribution in [0.4, 0.5) is 4.79 Å². The van der Waals surface area contributed by atoms with Gasteiger partial charge in [0.25, 0.3) is 5.91 Å². The Morgan fingerprint density at radius 3 is 2.53 bits per heavy atom. The standard InChI is InChI=1S/C29H37N3O3S/c1-4-35-26(28(33)32-16-14-21(2)15-17-32)19-22-10-12-23(13-11-22)24-7-5-8-25(20-24)36(3)18-6-9-27(36)31-29(30)34/h5-13,18,20-21,26H,4,14-17,19H2,1-3H3,(H3,30,31,34). The molecule has 2 aliphatic heterocycles. The zero-order chi connectivity index (χ0) is 25.7. The molecular weight excluding hydrogens is 470 g/mol. The predicted octanol–water partition coefficient (Wildman–Crippen LogP) is 5.39. The highest BCUT2D eigenvalue weighted by atomic mass is 32.3. The first kappa shape index (κ1) is 26.0. The Morgan fingerprint density at radius 2 is 1.86 bits per heavy atom. The molecule has 0 aromatic heterocycles. The molecule has 2 unspecified atom stereocenters. The highest BCUT2D eigenvalue weighted by Crippen LogP contribution is 2.62. The van der Waals surface area contributed by atoms with E-state index in [1.807, 2.05) is 30.0 Å². The van der Waals surface area contributed by atoms with E-state index < -0.39 is 22.2 Å². The number of hydrogen-bond donors (Lipinski definition) is 2. The molecule has 2 aromatic carbocycles. The lowest BCUT2D eigenvalue weighted by molar-refractivity contribution is -0.144. The third kappa shape index (κ3) is 5.85. The lowest BCUT2D eigenvalue weighted by atomic mass is 9.97. The molecule has 1 saturated heterocycles. The number of piperidine rings is 1. The summed E-state index contributed by atoms with van der Waals surface area (Å²) in [6.45, 7) is 6.35. The zero-order valence-corrected chi connectivity index (χ0v) is 22.2. The first-order chi connectivity index (χ1) is 17.3. The summed E-state index contributed by atoms with van der Waals surface area (Å²) in [6, 6.07) is 16.3. The number of primary amides is 1. The highest BCUT2D eigenvalue weighted by Gasteiger charge is 2.29. The van der Waals surface area contributed by atoms with Gasteiger partial charge in [-0.25, -0.2) is 4.79 Å². The topological polar surface area (TPSA) is 84.7 Å². The molecule has 7 heteroatoms. The van der Waals surface area contributed by atoms with Crippen LogP contribution in [0.5, 0.6) is 0 Å². The van der Waals surface area contributed by atoms with Crippen LogP contribution in [0.3, 0.4) is 0 Å². The number of benzene rings is 2. The Balaban J connectivity index is 1.48. The lowest BCUT2D eigenvalue weighted by Gasteiger charge is -2.33. The summed E-state index contributed by atoms with van der Waals surface area (Å²) in [6.07, 6.45) is 8.28. The molecule has 0 bridgehead atoms. The number of urea groups is 1. The Kier molecular flexibility index (Phi) is 8.21. The Hall–Kier alpha value is -3.03. The van der Waals surface area contributed by atoms with Gasteiger partial charge >= 0.3 is 6.03 Å². The van der Waals surface area contributed by atoms with Crippen molar-refractivity contribution in [1.29, 1.82) is 0 Å². The monoisotopic (exact) mass is 507 g/mol. The summed E-state index contributed by atoms with van der Waals surface area (Å²) in [5.74, 6) is 0.788. The number of nitrogens with one attached hydrogen (secondary N) is 1. The molecule has 2 aromatic rings. The maximum Gasteiger partial charge on any atom is 0.316 e. The molecule has 192 valence electrons. The van der Waals surface area contributed by atoms with Crippen molar-refractivity contribution in [2.45, 2.75) is 44.1 Å². The normalized spacial score (nSPS) is 22.5. The number of carbonyl (C=O) groups is 2. The van der Waals surface area contributed by atoms with Crippen LogP contribution >= 0.6 is 10.0 Å². The van der Waals surface area contributed by atoms with Gasteiger partial charge in [-0.3, -0.25) is 4.79 Å². The first-order valence-electron chi connectivity index (χ1n) is 12.6. The first-order valence-corrected chi connectivity index (χ1v) is 14.7. The third-order valence-corrected chi connectivity index (χ3v) is 10.2. The van der Waals surface area contributed by atoms with Gasteiger partial charge in [-0.15, -0.1) is 0 Å². The minimum Gasteiger partial charge on any atom is -0.368 e. The third-order valence-electron chi connectivity index (χ3n) is 7.07. The molecule has 1 fully saturated rings. The van der Waals surface area contributed by atoms with Gasteiger partial charge in [0.05, 0.1) is 5.03 Å².